The first-order valence-electron chi connectivity index (χ1n) is 5.66. The van der Waals surface area contributed by atoms with E-state index in [2.05, 4.69) is 47.2 Å². The van der Waals surface area contributed by atoms with Gasteiger partial charge in [-0.15, -0.1) is 0 Å². The minimum Gasteiger partial charge on any atom is -0.316 e. The largest absolute Gasteiger partial charge is 0.316 e. The summed E-state index contributed by atoms with van der Waals surface area (Å²) in [4.78, 5) is 0. The van der Waals surface area contributed by atoms with Gasteiger partial charge in [-0.2, -0.15) is 0 Å². The first-order chi connectivity index (χ1) is 7.20. The van der Waals surface area contributed by atoms with Gasteiger partial charge >= 0.3 is 0 Å². The van der Waals surface area contributed by atoms with Crippen molar-refractivity contribution >= 4 is 15.9 Å². The molecular formula is C13H18BrN. The Morgan fingerprint density at radius 2 is 2.13 bits per heavy atom. The lowest BCUT2D eigenvalue weighted by Crippen LogP contribution is -2.29. The third-order valence-electron chi connectivity index (χ3n) is 3.37. The van der Waals surface area contributed by atoms with Gasteiger partial charge < -0.3 is 5.32 Å². The number of nitrogens with one attached hydrogen (secondary N) is 1. The Morgan fingerprint density at radius 3 is 2.80 bits per heavy atom. The fourth-order valence-electron chi connectivity index (χ4n) is 2.56. The molecule has 0 aromatic heterocycles. The Morgan fingerprint density at radius 1 is 1.33 bits per heavy atom. The van der Waals surface area contributed by atoms with E-state index in [0.29, 0.717) is 5.92 Å². The lowest BCUT2D eigenvalue weighted by Gasteiger charge is -2.26. The number of piperidine rings is 1. The second-order valence-electron chi connectivity index (χ2n) is 4.45. The van der Waals surface area contributed by atoms with Gasteiger partial charge in [0.05, 0.1) is 0 Å². The highest BCUT2D eigenvalue weighted by Crippen LogP contribution is 2.32. The van der Waals surface area contributed by atoms with Crippen molar-refractivity contribution in [3.05, 3.63) is 33.3 Å². The molecule has 2 rings (SSSR count). The van der Waals surface area contributed by atoms with Gasteiger partial charge in [-0.05, 0) is 61.9 Å². The van der Waals surface area contributed by atoms with Gasteiger partial charge in [-0.3, -0.25) is 0 Å². The smallest absolute Gasteiger partial charge is 0.0207 e. The summed E-state index contributed by atoms with van der Waals surface area (Å²) in [6.07, 6.45) is 2.63. The lowest BCUT2D eigenvalue weighted by molar-refractivity contribution is 0.459. The topological polar surface area (TPSA) is 12.0 Å². The van der Waals surface area contributed by atoms with Crippen molar-refractivity contribution < 1.29 is 0 Å². The van der Waals surface area contributed by atoms with Crippen molar-refractivity contribution in [3.8, 4) is 0 Å². The van der Waals surface area contributed by atoms with Gasteiger partial charge in [0.15, 0.2) is 0 Å². The van der Waals surface area contributed by atoms with E-state index in [4.69, 9.17) is 0 Å². The number of benzene rings is 1. The van der Waals surface area contributed by atoms with Gasteiger partial charge in [0.2, 0.25) is 0 Å². The van der Waals surface area contributed by atoms with E-state index < -0.39 is 0 Å². The van der Waals surface area contributed by atoms with Crippen molar-refractivity contribution in [1.29, 1.82) is 0 Å². The zero-order valence-corrected chi connectivity index (χ0v) is 11.0. The highest BCUT2D eigenvalue weighted by atomic mass is 79.9. The van der Waals surface area contributed by atoms with Crippen LogP contribution in [0.25, 0.3) is 0 Å². The molecule has 1 aliphatic heterocycles. The highest BCUT2D eigenvalue weighted by Gasteiger charge is 2.19. The third kappa shape index (κ3) is 2.26. The van der Waals surface area contributed by atoms with Crippen molar-refractivity contribution in [3.63, 3.8) is 0 Å². The second-order valence-corrected chi connectivity index (χ2v) is 5.30. The number of aryl methyl sites for hydroxylation is 1. The number of halogens is 1. The van der Waals surface area contributed by atoms with Gasteiger partial charge in [0, 0.05) is 11.0 Å². The van der Waals surface area contributed by atoms with Crippen LogP contribution < -0.4 is 5.32 Å². The van der Waals surface area contributed by atoms with Crippen LogP contribution in [0.3, 0.4) is 0 Å². The molecule has 1 aromatic rings. The molecule has 1 heterocycles. The molecule has 0 aliphatic carbocycles. The Kier molecular flexibility index (Phi) is 3.47. The Balaban J connectivity index is 2.36. The summed E-state index contributed by atoms with van der Waals surface area (Å²) in [7, 11) is 0. The Hall–Kier alpha value is -0.340. The Labute approximate surface area is 100 Å². The first-order valence-corrected chi connectivity index (χ1v) is 6.45. The standard InChI is InChI=1S/C13H18BrN/c1-9-5-6-12(14)10(2)13(9)11-4-3-7-15-8-11/h5-6,11,15H,3-4,7-8H2,1-2H3. The van der Waals surface area contributed by atoms with Gasteiger partial charge in [-0.1, -0.05) is 22.0 Å². The lowest BCUT2D eigenvalue weighted by atomic mass is 9.86. The summed E-state index contributed by atoms with van der Waals surface area (Å²) in [5.74, 6) is 0.705. The second kappa shape index (κ2) is 4.67. The molecule has 0 radical (unpaired) electrons. The molecule has 1 unspecified atom stereocenters. The molecule has 1 nitrogen and oxygen atoms in total. The molecule has 0 spiro atoms. The summed E-state index contributed by atoms with van der Waals surface area (Å²) in [6.45, 7) is 6.77. The first kappa shape index (κ1) is 11.2. The molecule has 82 valence electrons. The predicted molar refractivity (Wildman–Crippen MR) is 68.5 cm³/mol. The summed E-state index contributed by atoms with van der Waals surface area (Å²) >= 11 is 3.63. The van der Waals surface area contributed by atoms with Crippen LogP contribution in [0.1, 0.15) is 35.4 Å². The van der Waals surface area contributed by atoms with Crippen LogP contribution in [-0.2, 0) is 0 Å². The maximum absolute atomic E-state index is 3.63. The highest BCUT2D eigenvalue weighted by molar-refractivity contribution is 9.10. The van der Waals surface area contributed by atoms with E-state index in [1.54, 1.807) is 5.56 Å². The maximum atomic E-state index is 3.63. The zero-order chi connectivity index (χ0) is 10.8. The molecule has 0 bridgehead atoms. The zero-order valence-electron chi connectivity index (χ0n) is 9.44. The van der Waals surface area contributed by atoms with Crippen molar-refractivity contribution in [1.82, 2.24) is 5.32 Å². The van der Waals surface area contributed by atoms with Crippen LogP contribution in [0.15, 0.2) is 16.6 Å². The third-order valence-corrected chi connectivity index (χ3v) is 4.23. The molecule has 1 atom stereocenters. The van der Waals surface area contributed by atoms with E-state index in [1.807, 2.05) is 0 Å². The maximum Gasteiger partial charge on any atom is 0.0207 e. The molecule has 1 N–H and O–H groups in total. The average molecular weight is 268 g/mol. The molecule has 1 aromatic carbocycles. The van der Waals surface area contributed by atoms with Crippen molar-refractivity contribution in [2.24, 2.45) is 0 Å². The van der Waals surface area contributed by atoms with Crippen LogP contribution >= 0.6 is 15.9 Å². The molecular weight excluding hydrogens is 250 g/mol. The summed E-state index contributed by atoms with van der Waals surface area (Å²) in [6, 6.07) is 4.38. The molecule has 1 saturated heterocycles. The normalized spacial score (nSPS) is 21.7. The van der Waals surface area contributed by atoms with E-state index >= 15 is 0 Å². The SMILES string of the molecule is Cc1ccc(Br)c(C)c1C1CCCNC1. The molecule has 2 heteroatoms. The van der Waals surface area contributed by atoms with Crippen molar-refractivity contribution in [2.45, 2.75) is 32.6 Å². The van der Waals surface area contributed by atoms with Crippen LogP contribution in [0.4, 0.5) is 0 Å². The minimum atomic E-state index is 0.705. The molecule has 15 heavy (non-hydrogen) atoms. The minimum absolute atomic E-state index is 0.705. The van der Waals surface area contributed by atoms with Crippen LogP contribution in [0.5, 0.6) is 0 Å². The molecule has 0 saturated carbocycles. The number of hydrogen-bond acceptors (Lipinski definition) is 1. The predicted octanol–water partition coefficient (Wildman–Crippen LogP) is 3.53. The van der Waals surface area contributed by atoms with Crippen LogP contribution in [0, 0.1) is 13.8 Å². The molecule has 0 amide bonds. The van der Waals surface area contributed by atoms with Crippen LogP contribution in [0.2, 0.25) is 0 Å². The monoisotopic (exact) mass is 267 g/mol. The van der Waals surface area contributed by atoms with E-state index in [-0.39, 0.29) is 0 Å². The summed E-state index contributed by atoms with van der Waals surface area (Å²) in [5.41, 5.74) is 4.41. The van der Waals surface area contributed by atoms with E-state index in [9.17, 15) is 0 Å². The summed E-state index contributed by atoms with van der Waals surface area (Å²) < 4.78 is 1.24. The number of hydrogen-bond donors (Lipinski definition) is 1. The quantitative estimate of drug-likeness (QED) is 0.821. The van der Waals surface area contributed by atoms with Crippen LogP contribution in [-0.4, -0.2) is 13.1 Å². The van der Waals surface area contributed by atoms with E-state index in [0.717, 1.165) is 6.54 Å². The van der Waals surface area contributed by atoms with Crippen molar-refractivity contribution in [2.75, 3.05) is 13.1 Å². The molecule has 1 aliphatic rings. The average Bonchev–Trinajstić information content (AvgIpc) is 2.26. The van der Waals surface area contributed by atoms with Gasteiger partial charge in [-0.25, -0.2) is 0 Å². The van der Waals surface area contributed by atoms with Gasteiger partial charge in [0.1, 0.15) is 0 Å². The summed E-state index contributed by atoms with van der Waals surface area (Å²) in [5, 5.41) is 3.49. The van der Waals surface area contributed by atoms with E-state index in [1.165, 1.54) is 35.0 Å². The number of rotatable bonds is 1. The molecule has 1 fully saturated rings. The van der Waals surface area contributed by atoms with Gasteiger partial charge in [0.25, 0.3) is 0 Å². The fraction of sp³-hybridized carbons (Fsp3) is 0.538. The Bertz CT molecular complexity index is 354. The fourth-order valence-corrected chi connectivity index (χ4v) is 2.91.